The molecule has 20 heavy (non-hydrogen) atoms. The number of benzene rings is 1. The molecule has 1 heterocycles. The number of hydrogen-bond donors (Lipinski definition) is 1. The van der Waals surface area contributed by atoms with E-state index < -0.39 is 0 Å². The number of halogens is 1. The smallest absolute Gasteiger partial charge is 0.133 e. The Morgan fingerprint density at radius 3 is 2.40 bits per heavy atom. The highest BCUT2D eigenvalue weighted by Gasteiger charge is 2.13. The summed E-state index contributed by atoms with van der Waals surface area (Å²) in [6.45, 7) is 6.45. The van der Waals surface area contributed by atoms with Gasteiger partial charge in [0.25, 0.3) is 0 Å². The molecule has 2 atom stereocenters. The van der Waals surface area contributed by atoms with Gasteiger partial charge in [-0.25, -0.2) is 4.98 Å². The minimum absolute atomic E-state index is 0.164. The molecule has 2 nitrogen and oxygen atoms in total. The van der Waals surface area contributed by atoms with Gasteiger partial charge in [0.2, 0.25) is 0 Å². The summed E-state index contributed by atoms with van der Waals surface area (Å²) in [5, 5.41) is 4.14. The van der Waals surface area contributed by atoms with Crippen LogP contribution in [0.2, 0.25) is 5.15 Å². The summed E-state index contributed by atoms with van der Waals surface area (Å²) in [6.07, 6.45) is 2.79. The standard InChI is InChI=1S/C17H21ClN2/c1-4-14-7-9-15(10-8-14)12(2)20-13(3)16-6-5-11-19-17(16)18/h5-13,20H,4H2,1-3H3/t12-,13-/m1/s1. The van der Waals surface area contributed by atoms with E-state index in [0.717, 1.165) is 12.0 Å². The minimum Gasteiger partial charge on any atom is -0.304 e. The Hall–Kier alpha value is -1.38. The van der Waals surface area contributed by atoms with E-state index in [9.17, 15) is 0 Å². The van der Waals surface area contributed by atoms with Crippen molar-refractivity contribution in [1.29, 1.82) is 0 Å². The van der Waals surface area contributed by atoms with Crippen molar-refractivity contribution in [2.45, 2.75) is 39.3 Å². The lowest BCUT2D eigenvalue weighted by Gasteiger charge is -2.21. The Bertz CT molecular complexity index is 551. The molecule has 0 aliphatic carbocycles. The third kappa shape index (κ3) is 3.59. The van der Waals surface area contributed by atoms with Crippen molar-refractivity contribution >= 4 is 11.6 Å². The zero-order valence-electron chi connectivity index (χ0n) is 12.2. The van der Waals surface area contributed by atoms with E-state index in [1.807, 2.05) is 12.1 Å². The molecule has 0 aliphatic heterocycles. The fourth-order valence-electron chi connectivity index (χ4n) is 2.32. The zero-order chi connectivity index (χ0) is 14.5. The average molecular weight is 289 g/mol. The van der Waals surface area contributed by atoms with Crippen molar-refractivity contribution in [1.82, 2.24) is 10.3 Å². The zero-order valence-corrected chi connectivity index (χ0v) is 13.0. The molecule has 1 aromatic heterocycles. The van der Waals surface area contributed by atoms with E-state index in [1.165, 1.54) is 11.1 Å². The van der Waals surface area contributed by atoms with Crippen LogP contribution in [0.15, 0.2) is 42.6 Å². The van der Waals surface area contributed by atoms with E-state index >= 15 is 0 Å². The monoisotopic (exact) mass is 288 g/mol. The fraction of sp³-hybridized carbons (Fsp3) is 0.353. The number of pyridine rings is 1. The summed E-state index contributed by atoms with van der Waals surface area (Å²) in [5.74, 6) is 0. The molecule has 0 bridgehead atoms. The van der Waals surface area contributed by atoms with Gasteiger partial charge in [0, 0.05) is 23.8 Å². The predicted octanol–water partition coefficient (Wildman–Crippen LogP) is 4.71. The van der Waals surface area contributed by atoms with Crippen LogP contribution in [-0.4, -0.2) is 4.98 Å². The number of nitrogens with zero attached hydrogens (tertiary/aromatic N) is 1. The quantitative estimate of drug-likeness (QED) is 0.806. The first kappa shape index (κ1) is 15.0. The number of rotatable bonds is 5. The second-order valence-electron chi connectivity index (χ2n) is 5.09. The van der Waals surface area contributed by atoms with Gasteiger partial charge in [0.15, 0.2) is 0 Å². The minimum atomic E-state index is 0.164. The van der Waals surface area contributed by atoms with Gasteiger partial charge in [-0.05, 0) is 37.5 Å². The second kappa shape index (κ2) is 6.87. The molecule has 3 heteroatoms. The van der Waals surface area contributed by atoms with Crippen molar-refractivity contribution in [2.75, 3.05) is 0 Å². The molecule has 1 aromatic carbocycles. The van der Waals surface area contributed by atoms with Gasteiger partial charge in [-0.15, -0.1) is 0 Å². The van der Waals surface area contributed by atoms with Crippen LogP contribution in [0.25, 0.3) is 0 Å². The largest absolute Gasteiger partial charge is 0.304 e. The van der Waals surface area contributed by atoms with Crippen LogP contribution < -0.4 is 5.32 Å². The molecule has 0 fully saturated rings. The molecule has 0 unspecified atom stereocenters. The maximum Gasteiger partial charge on any atom is 0.133 e. The van der Waals surface area contributed by atoms with E-state index in [4.69, 9.17) is 11.6 Å². The lowest BCUT2D eigenvalue weighted by Crippen LogP contribution is -2.22. The van der Waals surface area contributed by atoms with Crippen molar-refractivity contribution in [3.05, 3.63) is 64.4 Å². The maximum atomic E-state index is 6.14. The van der Waals surface area contributed by atoms with E-state index in [1.54, 1.807) is 6.20 Å². The molecule has 2 rings (SSSR count). The highest BCUT2D eigenvalue weighted by atomic mass is 35.5. The molecule has 0 amide bonds. The molecule has 1 N–H and O–H groups in total. The van der Waals surface area contributed by atoms with Crippen LogP contribution in [-0.2, 0) is 6.42 Å². The van der Waals surface area contributed by atoms with Crippen molar-refractivity contribution < 1.29 is 0 Å². The first-order chi connectivity index (χ1) is 9.61. The summed E-state index contributed by atoms with van der Waals surface area (Å²) in [7, 11) is 0. The van der Waals surface area contributed by atoms with Crippen molar-refractivity contribution in [3.63, 3.8) is 0 Å². The van der Waals surface area contributed by atoms with Gasteiger partial charge in [0.05, 0.1) is 0 Å². The van der Waals surface area contributed by atoms with Gasteiger partial charge in [-0.2, -0.15) is 0 Å². The topological polar surface area (TPSA) is 24.9 Å². The number of aryl methyl sites for hydroxylation is 1. The molecule has 106 valence electrons. The number of aromatic nitrogens is 1. The lowest BCUT2D eigenvalue weighted by atomic mass is 10.0. The van der Waals surface area contributed by atoms with E-state index in [0.29, 0.717) is 5.15 Å². The predicted molar refractivity (Wildman–Crippen MR) is 85.0 cm³/mol. The van der Waals surface area contributed by atoms with Crippen LogP contribution in [0.4, 0.5) is 0 Å². The first-order valence-corrected chi connectivity index (χ1v) is 7.45. The Balaban J connectivity index is 2.06. The lowest BCUT2D eigenvalue weighted by molar-refractivity contribution is 0.494. The normalized spacial score (nSPS) is 14.0. The van der Waals surface area contributed by atoms with Gasteiger partial charge in [0.1, 0.15) is 5.15 Å². The Morgan fingerprint density at radius 1 is 1.10 bits per heavy atom. The van der Waals surface area contributed by atoms with Crippen LogP contribution in [0.1, 0.15) is 49.5 Å². The molecule has 0 radical (unpaired) electrons. The molecular weight excluding hydrogens is 268 g/mol. The van der Waals surface area contributed by atoms with Gasteiger partial charge in [-0.3, -0.25) is 0 Å². The molecule has 0 saturated carbocycles. The Kier molecular flexibility index (Phi) is 5.16. The highest BCUT2D eigenvalue weighted by molar-refractivity contribution is 6.30. The fourth-order valence-corrected chi connectivity index (χ4v) is 2.61. The summed E-state index contributed by atoms with van der Waals surface area (Å²) in [4.78, 5) is 4.13. The van der Waals surface area contributed by atoms with Gasteiger partial charge >= 0.3 is 0 Å². The third-order valence-corrected chi connectivity index (χ3v) is 3.96. The SMILES string of the molecule is CCc1ccc([C@@H](C)N[C@H](C)c2cccnc2Cl)cc1. The van der Waals surface area contributed by atoms with Crippen LogP contribution in [0.5, 0.6) is 0 Å². The van der Waals surface area contributed by atoms with Gasteiger partial charge in [-0.1, -0.05) is 48.9 Å². The molecule has 0 saturated heterocycles. The van der Waals surface area contributed by atoms with Gasteiger partial charge < -0.3 is 5.32 Å². The second-order valence-corrected chi connectivity index (χ2v) is 5.45. The number of nitrogens with one attached hydrogen (secondary N) is 1. The Morgan fingerprint density at radius 2 is 1.80 bits per heavy atom. The highest BCUT2D eigenvalue weighted by Crippen LogP contribution is 2.23. The average Bonchev–Trinajstić information content (AvgIpc) is 2.47. The van der Waals surface area contributed by atoms with Crippen LogP contribution >= 0.6 is 11.6 Å². The molecule has 0 spiro atoms. The van der Waals surface area contributed by atoms with E-state index in [-0.39, 0.29) is 12.1 Å². The molecule has 2 aromatic rings. The van der Waals surface area contributed by atoms with Crippen molar-refractivity contribution in [2.24, 2.45) is 0 Å². The summed E-state index contributed by atoms with van der Waals surface area (Å²) < 4.78 is 0. The molecule has 0 aliphatic rings. The van der Waals surface area contributed by atoms with E-state index in [2.05, 4.69) is 55.3 Å². The van der Waals surface area contributed by atoms with Crippen LogP contribution in [0.3, 0.4) is 0 Å². The summed E-state index contributed by atoms with van der Waals surface area (Å²) in [6, 6.07) is 13.1. The van der Waals surface area contributed by atoms with Crippen molar-refractivity contribution in [3.8, 4) is 0 Å². The van der Waals surface area contributed by atoms with Crippen LogP contribution in [0, 0.1) is 0 Å². The third-order valence-electron chi connectivity index (χ3n) is 3.64. The Labute approximate surface area is 126 Å². The summed E-state index contributed by atoms with van der Waals surface area (Å²) in [5.41, 5.74) is 3.68. The first-order valence-electron chi connectivity index (χ1n) is 7.07. The molecular formula is C17H21ClN2. The summed E-state index contributed by atoms with van der Waals surface area (Å²) >= 11 is 6.14. The number of hydrogen-bond acceptors (Lipinski definition) is 2. The maximum absolute atomic E-state index is 6.14.